The van der Waals surface area contributed by atoms with E-state index in [0.29, 0.717) is 11.6 Å². The quantitative estimate of drug-likeness (QED) is 0.634. The van der Waals surface area contributed by atoms with Gasteiger partial charge in [-0.2, -0.15) is 9.61 Å². The van der Waals surface area contributed by atoms with Crippen LogP contribution in [0.2, 0.25) is 5.02 Å². The fourth-order valence-electron chi connectivity index (χ4n) is 2.30. The second-order valence-corrected chi connectivity index (χ2v) is 6.27. The van der Waals surface area contributed by atoms with Gasteiger partial charge in [-0.3, -0.25) is 0 Å². The fourth-order valence-corrected chi connectivity index (χ4v) is 2.88. The van der Waals surface area contributed by atoms with E-state index in [1.54, 1.807) is 17.8 Å². The molecular weight excluding hydrogens is 380 g/mol. The second kappa shape index (κ2) is 7.29. The van der Waals surface area contributed by atoms with E-state index in [0.717, 1.165) is 40.2 Å². The van der Waals surface area contributed by atoms with E-state index in [2.05, 4.69) is 31.3 Å². The van der Waals surface area contributed by atoms with Crippen LogP contribution in [-0.2, 0) is 4.74 Å². The molecule has 0 aliphatic rings. The van der Waals surface area contributed by atoms with Gasteiger partial charge in [0.15, 0.2) is 5.65 Å². The minimum Gasteiger partial charge on any atom is -0.385 e. The number of benzene rings is 1. The number of methoxy groups -OCH3 is 1. The van der Waals surface area contributed by atoms with Crippen molar-refractivity contribution in [3.63, 3.8) is 0 Å². The van der Waals surface area contributed by atoms with E-state index in [1.165, 1.54) is 0 Å². The van der Waals surface area contributed by atoms with Gasteiger partial charge < -0.3 is 10.1 Å². The molecule has 0 unspecified atom stereocenters. The molecule has 23 heavy (non-hydrogen) atoms. The van der Waals surface area contributed by atoms with E-state index in [9.17, 15) is 0 Å². The monoisotopic (exact) mass is 394 g/mol. The predicted octanol–water partition coefficient (Wildman–Crippen LogP) is 4.26. The zero-order valence-electron chi connectivity index (χ0n) is 12.6. The Labute approximate surface area is 147 Å². The molecule has 0 aliphatic carbocycles. The van der Waals surface area contributed by atoms with E-state index in [4.69, 9.17) is 16.3 Å². The molecule has 7 heteroatoms. The van der Waals surface area contributed by atoms with E-state index >= 15 is 0 Å². The van der Waals surface area contributed by atoms with Crippen LogP contribution < -0.4 is 5.32 Å². The zero-order chi connectivity index (χ0) is 16.2. The summed E-state index contributed by atoms with van der Waals surface area (Å²) in [6, 6.07) is 9.63. The van der Waals surface area contributed by atoms with Crippen molar-refractivity contribution in [1.29, 1.82) is 0 Å². The van der Waals surface area contributed by atoms with Gasteiger partial charge in [-0.05, 0) is 28.4 Å². The number of hydrogen-bond donors (Lipinski definition) is 1. The average Bonchev–Trinajstić information content (AvgIpc) is 2.93. The Morgan fingerprint density at radius 2 is 2.17 bits per heavy atom. The lowest BCUT2D eigenvalue weighted by atomic mass is 10.1. The van der Waals surface area contributed by atoms with Gasteiger partial charge >= 0.3 is 0 Å². The van der Waals surface area contributed by atoms with Crippen molar-refractivity contribution in [2.45, 2.75) is 6.42 Å². The van der Waals surface area contributed by atoms with Crippen LogP contribution in [0.15, 0.2) is 41.0 Å². The lowest BCUT2D eigenvalue weighted by Crippen LogP contribution is -2.09. The van der Waals surface area contributed by atoms with Crippen molar-refractivity contribution in [1.82, 2.24) is 14.6 Å². The summed E-state index contributed by atoms with van der Waals surface area (Å²) in [6.45, 7) is 1.49. The molecule has 1 N–H and O–H groups in total. The predicted molar refractivity (Wildman–Crippen MR) is 96.1 cm³/mol. The van der Waals surface area contributed by atoms with Gasteiger partial charge in [-0.25, -0.2) is 4.98 Å². The fraction of sp³-hybridized carbons (Fsp3) is 0.250. The summed E-state index contributed by atoms with van der Waals surface area (Å²) >= 11 is 9.80. The number of nitrogens with zero attached hydrogens (tertiary/aromatic N) is 3. The van der Waals surface area contributed by atoms with Crippen molar-refractivity contribution >= 4 is 39.0 Å². The number of rotatable bonds is 6. The van der Waals surface area contributed by atoms with Crippen molar-refractivity contribution in [2.75, 3.05) is 25.6 Å². The standard InChI is InChI=1S/C16H16BrClN4O/c1-23-8-4-7-19-15-9-14(11-5-2-3-6-13(11)18)21-16-12(17)10-20-22(15)16/h2-3,5-6,9-10,19H,4,7-8H2,1H3. The average molecular weight is 396 g/mol. The highest BCUT2D eigenvalue weighted by Crippen LogP contribution is 2.30. The number of anilines is 1. The highest BCUT2D eigenvalue weighted by Gasteiger charge is 2.12. The van der Waals surface area contributed by atoms with Crippen LogP contribution in [0.1, 0.15) is 6.42 Å². The Morgan fingerprint density at radius 1 is 1.35 bits per heavy atom. The smallest absolute Gasteiger partial charge is 0.172 e. The van der Waals surface area contributed by atoms with Gasteiger partial charge in [-0.1, -0.05) is 29.8 Å². The molecule has 0 atom stereocenters. The summed E-state index contributed by atoms with van der Waals surface area (Å²) in [5.74, 6) is 0.867. The normalized spacial score (nSPS) is 11.1. The van der Waals surface area contributed by atoms with Gasteiger partial charge in [0.05, 0.1) is 16.4 Å². The molecule has 5 nitrogen and oxygen atoms in total. The minimum atomic E-state index is 0.672. The SMILES string of the molecule is COCCCNc1cc(-c2ccccc2Cl)nc2c(Br)cnn12. The van der Waals surface area contributed by atoms with Gasteiger partial charge in [0.2, 0.25) is 0 Å². The molecule has 0 amide bonds. The molecule has 0 saturated carbocycles. The van der Waals surface area contributed by atoms with Crippen LogP contribution in [0.5, 0.6) is 0 Å². The molecule has 0 aliphatic heterocycles. The molecule has 2 heterocycles. The number of nitrogens with one attached hydrogen (secondary N) is 1. The first-order chi connectivity index (χ1) is 11.2. The molecule has 0 saturated heterocycles. The Bertz CT molecular complexity index is 821. The lowest BCUT2D eigenvalue weighted by Gasteiger charge is -2.11. The number of aromatic nitrogens is 3. The third kappa shape index (κ3) is 3.49. The van der Waals surface area contributed by atoms with Crippen LogP contribution in [-0.4, -0.2) is 34.9 Å². The second-order valence-electron chi connectivity index (χ2n) is 5.01. The number of hydrogen-bond acceptors (Lipinski definition) is 4. The molecule has 3 aromatic rings. The van der Waals surface area contributed by atoms with Crippen molar-refractivity contribution in [2.24, 2.45) is 0 Å². The number of fused-ring (bicyclic) bond motifs is 1. The minimum absolute atomic E-state index is 0.672. The lowest BCUT2D eigenvalue weighted by molar-refractivity contribution is 0.197. The van der Waals surface area contributed by atoms with Gasteiger partial charge in [0.1, 0.15) is 5.82 Å². The number of halogens is 2. The van der Waals surface area contributed by atoms with Crippen LogP contribution in [0, 0.1) is 0 Å². The Morgan fingerprint density at radius 3 is 2.96 bits per heavy atom. The Hall–Kier alpha value is -1.63. The largest absolute Gasteiger partial charge is 0.385 e. The van der Waals surface area contributed by atoms with E-state index in [1.807, 2.05) is 30.3 Å². The molecule has 0 radical (unpaired) electrons. The van der Waals surface area contributed by atoms with Gasteiger partial charge in [-0.15, -0.1) is 0 Å². The van der Waals surface area contributed by atoms with Gasteiger partial charge in [0, 0.05) is 36.9 Å². The Balaban J connectivity index is 2.02. The van der Waals surface area contributed by atoms with Crippen molar-refractivity contribution in [3.8, 4) is 11.3 Å². The topological polar surface area (TPSA) is 51.5 Å². The summed E-state index contributed by atoms with van der Waals surface area (Å²) in [5, 5.41) is 8.41. The highest BCUT2D eigenvalue weighted by molar-refractivity contribution is 9.10. The summed E-state index contributed by atoms with van der Waals surface area (Å²) < 4.78 is 7.69. The molecule has 120 valence electrons. The molecule has 0 fully saturated rings. The third-order valence-electron chi connectivity index (χ3n) is 3.41. The molecule has 0 bridgehead atoms. The first kappa shape index (κ1) is 16.2. The Kier molecular flexibility index (Phi) is 5.15. The summed E-state index contributed by atoms with van der Waals surface area (Å²) in [7, 11) is 1.70. The molecule has 2 aromatic heterocycles. The molecular formula is C16H16BrClN4O. The summed E-state index contributed by atoms with van der Waals surface area (Å²) in [4.78, 5) is 4.68. The first-order valence-electron chi connectivity index (χ1n) is 7.22. The van der Waals surface area contributed by atoms with Crippen LogP contribution in [0.3, 0.4) is 0 Å². The molecule has 0 spiro atoms. The van der Waals surface area contributed by atoms with Crippen molar-refractivity contribution < 1.29 is 4.74 Å². The van der Waals surface area contributed by atoms with Crippen LogP contribution in [0.25, 0.3) is 16.9 Å². The van der Waals surface area contributed by atoms with E-state index < -0.39 is 0 Å². The number of ether oxygens (including phenoxy) is 1. The summed E-state index contributed by atoms with van der Waals surface area (Å²) in [6.07, 6.45) is 2.64. The highest BCUT2D eigenvalue weighted by atomic mass is 79.9. The summed E-state index contributed by atoms with van der Waals surface area (Å²) in [5.41, 5.74) is 2.44. The van der Waals surface area contributed by atoms with Crippen LogP contribution in [0.4, 0.5) is 5.82 Å². The maximum Gasteiger partial charge on any atom is 0.172 e. The van der Waals surface area contributed by atoms with Gasteiger partial charge in [0.25, 0.3) is 0 Å². The van der Waals surface area contributed by atoms with Crippen molar-refractivity contribution in [3.05, 3.63) is 46.0 Å². The van der Waals surface area contributed by atoms with Crippen LogP contribution >= 0.6 is 27.5 Å². The third-order valence-corrected chi connectivity index (χ3v) is 4.30. The molecule has 1 aromatic carbocycles. The molecule has 3 rings (SSSR count). The first-order valence-corrected chi connectivity index (χ1v) is 8.40. The maximum atomic E-state index is 6.31. The zero-order valence-corrected chi connectivity index (χ0v) is 14.9. The van der Waals surface area contributed by atoms with E-state index in [-0.39, 0.29) is 0 Å². The maximum absolute atomic E-state index is 6.31.